The highest BCUT2D eigenvalue weighted by molar-refractivity contribution is 7.99. The fourth-order valence-electron chi connectivity index (χ4n) is 2.20. The van der Waals surface area contributed by atoms with E-state index >= 15 is 0 Å². The van der Waals surface area contributed by atoms with Gasteiger partial charge in [-0.2, -0.15) is 11.8 Å². The van der Waals surface area contributed by atoms with Gasteiger partial charge in [0, 0.05) is 17.4 Å². The molecule has 21 heavy (non-hydrogen) atoms. The lowest BCUT2D eigenvalue weighted by atomic mass is 10.1. The topological polar surface area (TPSA) is 58.6 Å². The summed E-state index contributed by atoms with van der Waals surface area (Å²) in [5.41, 5.74) is 1.17. The molecular formula is C16H19NO3S. The van der Waals surface area contributed by atoms with Crippen molar-refractivity contribution in [3.63, 3.8) is 0 Å². The van der Waals surface area contributed by atoms with Gasteiger partial charge in [0.15, 0.2) is 0 Å². The van der Waals surface area contributed by atoms with Crippen molar-refractivity contribution in [2.45, 2.75) is 18.9 Å². The van der Waals surface area contributed by atoms with E-state index in [0.717, 1.165) is 18.6 Å². The Morgan fingerprint density at radius 1 is 1.57 bits per heavy atom. The summed E-state index contributed by atoms with van der Waals surface area (Å²) in [5.74, 6) is 8.04. The third-order valence-electron chi connectivity index (χ3n) is 3.26. The van der Waals surface area contributed by atoms with Crippen molar-refractivity contribution in [3.8, 4) is 17.6 Å². The minimum absolute atomic E-state index is 0.0859. The summed E-state index contributed by atoms with van der Waals surface area (Å²) in [7, 11) is 1.55. The molecule has 0 bridgehead atoms. The van der Waals surface area contributed by atoms with E-state index in [1.807, 2.05) is 11.8 Å². The molecule has 1 saturated heterocycles. The van der Waals surface area contributed by atoms with Crippen molar-refractivity contribution in [1.29, 1.82) is 0 Å². The molecule has 1 aromatic rings. The molecule has 2 rings (SSSR count). The Balaban J connectivity index is 2.13. The van der Waals surface area contributed by atoms with Gasteiger partial charge >= 0.3 is 0 Å². The lowest BCUT2D eigenvalue weighted by molar-refractivity contribution is 0.0938. The Bertz CT molecular complexity index is 556. The van der Waals surface area contributed by atoms with Gasteiger partial charge in [-0.15, -0.1) is 0 Å². The summed E-state index contributed by atoms with van der Waals surface area (Å²) >= 11 is 1.88. The number of ether oxygens (including phenoxy) is 1. The summed E-state index contributed by atoms with van der Waals surface area (Å²) in [4.78, 5) is 12.3. The number of methoxy groups -OCH3 is 1. The zero-order valence-electron chi connectivity index (χ0n) is 12.0. The summed E-state index contributed by atoms with van der Waals surface area (Å²) in [6.45, 7) is -0.223. The third-order valence-corrected chi connectivity index (χ3v) is 4.47. The fourth-order valence-corrected chi connectivity index (χ4v) is 3.28. The zero-order valence-corrected chi connectivity index (χ0v) is 12.8. The van der Waals surface area contributed by atoms with Crippen LogP contribution in [-0.4, -0.2) is 42.3 Å². The lowest BCUT2D eigenvalue weighted by Crippen LogP contribution is -2.38. The minimum Gasteiger partial charge on any atom is -0.495 e. The molecule has 5 heteroatoms. The molecule has 1 heterocycles. The first kappa shape index (κ1) is 15.7. The molecule has 4 nitrogen and oxygen atoms in total. The summed E-state index contributed by atoms with van der Waals surface area (Å²) in [6.07, 6.45) is 2.18. The Labute approximate surface area is 129 Å². The number of hydrogen-bond donors (Lipinski definition) is 2. The second-order valence-electron chi connectivity index (χ2n) is 4.76. The molecule has 0 radical (unpaired) electrons. The van der Waals surface area contributed by atoms with E-state index in [0.29, 0.717) is 16.9 Å². The molecule has 1 amide bonds. The van der Waals surface area contributed by atoms with Crippen molar-refractivity contribution in [2.75, 3.05) is 25.2 Å². The van der Waals surface area contributed by atoms with E-state index in [1.165, 1.54) is 5.75 Å². The lowest BCUT2D eigenvalue weighted by Gasteiger charge is -2.22. The van der Waals surface area contributed by atoms with Crippen LogP contribution in [0.1, 0.15) is 28.8 Å². The predicted octanol–water partition coefficient (Wildman–Crippen LogP) is 1.66. The highest BCUT2D eigenvalue weighted by Crippen LogP contribution is 2.20. The standard InChI is InChI=1S/C16H19NO3S/c1-20-15-7-6-13(10-12(15)4-2-8-18)16(19)17-14-5-3-9-21-11-14/h6-7,10,14,18H,3,5,8-9,11H2,1H3,(H,17,19). The van der Waals surface area contributed by atoms with Crippen LogP contribution in [0.15, 0.2) is 18.2 Å². The van der Waals surface area contributed by atoms with Crippen LogP contribution in [0.25, 0.3) is 0 Å². The fraction of sp³-hybridized carbons (Fsp3) is 0.438. The van der Waals surface area contributed by atoms with Gasteiger partial charge in [0.25, 0.3) is 5.91 Å². The Morgan fingerprint density at radius 3 is 3.10 bits per heavy atom. The first-order chi connectivity index (χ1) is 10.2. The van der Waals surface area contributed by atoms with Crippen LogP contribution in [0.4, 0.5) is 0 Å². The van der Waals surface area contributed by atoms with Crippen LogP contribution < -0.4 is 10.1 Å². The zero-order chi connectivity index (χ0) is 15.1. The summed E-state index contributed by atoms with van der Waals surface area (Å²) in [5, 5.41) is 11.8. The van der Waals surface area contributed by atoms with E-state index in [4.69, 9.17) is 9.84 Å². The van der Waals surface area contributed by atoms with Crippen LogP contribution >= 0.6 is 11.8 Å². The minimum atomic E-state index is -0.223. The number of carbonyl (C=O) groups excluding carboxylic acids is 1. The van der Waals surface area contributed by atoms with Gasteiger partial charge in [0.05, 0.1) is 12.7 Å². The van der Waals surface area contributed by atoms with Crippen molar-refractivity contribution >= 4 is 17.7 Å². The molecule has 2 N–H and O–H groups in total. The number of rotatable bonds is 3. The molecule has 1 atom stereocenters. The highest BCUT2D eigenvalue weighted by Gasteiger charge is 2.17. The number of amides is 1. The van der Waals surface area contributed by atoms with Crippen LogP contribution in [0, 0.1) is 11.8 Å². The van der Waals surface area contributed by atoms with Crippen molar-refractivity contribution < 1.29 is 14.6 Å². The summed E-state index contributed by atoms with van der Waals surface area (Å²) < 4.78 is 5.21. The van der Waals surface area contributed by atoms with E-state index < -0.39 is 0 Å². The van der Waals surface area contributed by atoms with Gasteiger partial charge < -0.3 is 15.2 Å². The quantitative estimate of drug-likeness (QED) is 0.834. The largest absolute Gasteiger partial charge is 0.495 e. The van der Waals surface area contributed by atoms with E-state index in [2.05, 4.69) is 17.2 Å². The monoisotopic (exact) mass is 305 g/mol. The molecule has 0 spiro atoms. The van der Waals surface area contributed by atoms with Crippen LogP contribution in [-0.2, 0) is 0 Å². The molecule has 0 saturated carbocycles. The first-order valence-corrected chi connectivity index (χ1v) is 8.06. The van der Waals surface area contributed by atoms with Crippen molar-refractivity contribution in [3.05, 3.63) is 29.3 Å². The molecule has 1 aromatic carbocycles. The first-order valence-electron chi connectivity index (χ1n) is 6.91. The van der Waals surface area contributed by atoms with E-state index in [1.54, 1.807) is 25.3 Å². The van der Waals surface area contributed by atoms with E-state index in [9.17, 15) is 4.79 Å². The molecule has 1 unspecified atom stereocenters. The molecule has 0 aromatic heterocycles. The maximum atomic E-state index is 12.3. The number of benzene rings is 1. The highest BCUT2D eigenvalue weighted by atomic mass is 32.2. The van der Waals surface area contributed by atoms with E-state index in [-0.39, 0.29) is 18.6 Å². The van der Waals surface area contributed by atoms with Gasteiger partial charge in [-0.1, -0.05) is 11.8 Å². The number of aliphatic hydroxyl groups excluding tert-OH is 1. The molecule has 1 aliphatic rings. The maximum absolute atomic E-state index is 12.3. The van der Waals surface area contributed by atoms with Gasteiger partial charge in [0.2, 0.25) is 0 Å². The summed E-state index contributed by atoms with van der Waals surface area (Å²) in [6, 6.07) is 5.40. The molecule has 0 aliphatic carbocycles. The predicted molar refractivity (Wildman–Crippen MR) is 84.8 cm³/mol. The van der Waals surface area contributed by atoms with Crippen molar-refractivity contribution in [1.82, 2.24) is 5.32 Å². The molecule has 1 aliphatic heterocycles. The van der Waals surface area contributed by atoms with Gasteiger partial charge in [-0.25, -0.2) is 0 Å². The average Bonchev–Trinajstić information content (AvgIpc) is 2.53. The Morgan fingerprint density at radius 2 is 2.43 bits per heavy atom. The van der Waals surface area contributed by atoms with Crippen LogP contribution in [0.5, 0.6) is 5.75 Å². The maximum Gasteiger partial charge on any atom is 0.251 e. The number of nitrogens with one attached hydrogen (secondary N) is 1. The van der Waals surface area contributed by atoms with Gasteiger partial charge in [0.1, 0.15) is 12.4 Å². The number of aliphatic hydroxyl groups is 1. The second-order valence-corrected chi connectivity index (χ2v) is 5.91. The van der Waals surface area contributed by atoms with Crippen LogP contribution in [0.2, 0.25) is 0 Å². The normalized spacial score (nSPS) is 17.5. The molecule has 112 valence electrons. The Hall–Kier alpha value is -1.64. The molecule has 1 fully saturated rings. The molecular weight excluding hydrogens is 286 g/mol. The van der Waals surface area contributed by atoms with Gasteiger partial charge in [-0.3, -0.25) is 4.79 Å². The SMILES string of the molecule is COc1ccc(C(=O)NC2CCCSC2)cc1C#CCO. The second kappa shape index (κ2) is 7.96. The van der Waals surface area contributed by atoms with Gasteiger partial charge in [-0.05, 0) is 36.8 Å². The van der Waals surface area contributed by atoms with Crippen molar-refractivity contribution in [2.24, 2.45) is 0 Å². The number of hydrogen-bond acceptors (Lipinski definition) is 4. The number of carbonyl (C=O) groups is 1. The smallest absolute Gasteiger partial charge is 0.251 e. The Kier molecular flexibility index (Phi) is 5.97. The number of thioether (sulfide) groups is 1. The third kappa shape index (κ3) is 4.42. The average molecular weight is 305 g/mol. The van der Waals surface area contributed by atoms with Crippen LogP contribution in [0.3, 0.4) is 0 Å².